The molecule has 0 unspecified atom stereocenters. The highest BCUT2D eigenvalue weighted by atomic mass is 16.5. The molecule has 0 fully saturated rings. The van der Waals surface area contributed by atoms with Crippen molar-refractivity contribution in [1.82, 2.24) is 20.2 Å². The van der Waals surface area contributed by atoms with E-state index in [2.05, 4.69) is 50.5 Å². The van der Waals surface area contributed by atoms with Gasteiger partial charge >= 0.3 is 0 Å². The summed E-state index contributed by atoms with van der Waals surface area (Å²) >= 11 is 0. The molecule has 5 rings (SSSR count). The smallest absolute Gasteiger partial charge is 0.221 e. The number of fused-ring (bicyclic) bond motifs is 1. The Hall–Kier alpha value is -4.12. The van der Waals surface area contributed by atoms with Crippen molar-refractivity contribution in [2.45, 2.75) is 0 Å². The Labute approximate surface area is 174 Å². The summed E-state index contributed by atoms with van der Waals surface area (Å²) in [6.45, 7) is 0. The molecule has 0 atom stereocenters. The van der Waals surface area contributed by atoms with Gasteiger partial charge < -0.3 is 4.74 Å². The first-order valence-electron chi connectivity index (χ1n) is 9.59. The zero-order chi connectivity index (χ0) is 20.3. The zero-order valence-electron chi connectivity index (χ0n) is 16.4. The lowest BCUT2D eigenvalue weighted by molar-refractivity contribution is 0.400. The molecule has 5 aromatic rings. The number of benzene rings is 2. The van der Waals surface area contributed by atoms with Crippen molar-refractivity contribution in [2.75, 3.05) is 7.11 Å². The van der Waals surface area contributed by atoms with Crippen LogP contribution in [0.1, 0.15) is 0 Å². The molecule has 0 N–H and O–H groups in total. The molecule has 144 valence electrons. The van der Waals surface area contributed by atoms with Crippen LogP contribution in [-0.2, 0) is 0 Å². The maximum Gasteiger partial charge on any atom is 0.221 e. The monoisotopic (exact) mass is 390 g/mol. The Morgan fingerprint density at radius 3 is 2.33 bits per heavy atom. The summed E-state index contributed by atoms with van der Waals surface area (Å²) < 4.78 is 5.50. The molecule has 3 heterocycles. The fourth-order valence-corrected chi connectivity index (χ4v) is 3.62. The molecular weight excluding hydrogens is 372 g/mol. The van der Waals surface area contributed by atoms with Crippen LogP contribution in [0.5, 0.6) is 5.88 Å². The summed E-state index contributed by atoms with van der Waals surface area (Å²) in [7, 11) is 1.64. The third-order valence-electron chi connectivity index (χ3n) is 5.10. The summed E-state index contributed by atoms with van der Waals surface area (Å²) in [6, 6.07) is 22.5. The standard InChI is InChI=1S/C25H18N4O/c1-30-25-22(17-5-3-2-4-6-17)14-20(15-27-25)18-7-8-24-23(13-18)21(10-11-26-24)19-9-12-28-29-16-19/h2-16H,1H3. The fourth-order valence-electron chi connectivity index (χ4n) is 3.62. The van der Waals surface area contributed by atoms with Crippen LogP contribution < -0.4 is 4.74 Å². The normalized spacial score (nSPS) is 10.8. The molecule has 30 heavy (non-hydrogen) atoms. The third-order valence-corrected chi connectivity index (χ3v) is 5.10. The van der Waals surface area contributed by atoms with Gasteiger partial charge in [-0.3, -0.25) is 4.98 Å². The van der Waals surface area contributed by atoms with Crippen molar-refractivity contribution in [2.24, 2.45) is 0 Å². The lowest BCUT2D eigenvalue weighted by atomic mass is 9.97. The minimum Gasteiger partial charge on any atom is -0.481 e. The van der Waals surface area contributed by atoms with Crippen molar-refractivity contribution < 1.29 is 4.74 Å². The number of hydrogen-bond acceptors (Lipinski definition) is 5. The summed E-state index contributed by atoms with van der Waals surface area (Å²) in [5.74, 6) is 0.607. The van der Waals surface area contributed by atoms with Gasteiger partial charge in [0.05, 0.1) is 25.0 Å². The Morgan fingerprint density at radius 1 is 0.633 bits per heavy atom. The molecule has 5 heteroatoms. The molecule has 0 aliphatic heterocycles. The van der Waals surface area contributed by atoms with E-state index in [0.717, 1.165) is 44.3 Å². The van der Waals surface area contributed by atoms with Crippen LogP contribution >= 0.6 is 0 Å². The molecule has 3 aromatic heterocycles. The minimum atomic E-state index is 0.607. The predicted molar refractivity (Wildman–Crippen MR) is 118 cm³/mol. The molecule has 0 saturated heterocycles. The summed E-state index contributed by atoms with van der Waals surface area (Å²) in [4.78, 5) is 9.08. The molecule has 0 spiro atoms. The van der Waals surface area contributed by atoms with E-state index >= 15 is 0 Å². The van der Waals surface area contributed by atoms with Crippen LogP contribution in [0.2, 0.25) is 0 Å². The maximum atomic E-state index is 5.50. The molecule has 0 aliphatic rings. The topological polar surface area (TPSA) is 60.8 Å². The SMILES string of the molecule is COc1ncc(-c2ccc3nccc(-c4ccnnc4)c3c2)cc1-c1ccccc1. The van der Waals surface area contributed by atoms with E-state index in [1.807, 2.05) is 48.8 Å². The van der Waals surface area contributed by atoms with Crippen molar-refractivity contribution >= 4 is 10.9 Å². The van der Waals surface area contributed by atoms with Gasteiger partial charge in [-0.15, -0.1) is 0 Å². The van der Waals surface area contributed by atoms with Crippen LogP contribution in [-0.4, -0.2) is 27.3 Å². The molecular formula is C25H18N4O. The Morgan fingerprint density at radius 2 is 1.53 bits per heavy atom. The lowest BCUT2D eigenvalue weighted by Crippen LogP contribution is -1.93. The highest BCUT2D eigenvalue weighted by Crippen LogP contribution is 2.34. The number of nitrogens with zero attached hydrogens (tertiary/aromatic N) is 4. The number of hydrogen-bond donors (Lipinski definition) is 0. The van der Waals surface area contributed by atoms with Crippen LogP contribution in [0.4, 0.5) is 0 Å². The van der Waals surface area contributed by atoms with E-state index in [4.69, 9.17) is 4.74 Å². The van der Waals surface area contributed by atoms with Crippen LogP contribution in [0.3, 0.4) is 0 Å². The van der Waals surface area contributed by atoms with Crippen molar-refractivity contribution in [3.05, 3.63) is 91.5 Å². The average molecular weight is 390 g/mol. The predicted octanol–water partition coefficient (Wildman–Crippen LogP) is 5.43. The summed E-state index contributed by atoms with van der Waals surface area (Å²) in [5.41, 5.74) is 7.10. The van der Waals surface area contributed by atoms with Gasteiger partial charge in [-0.25, -0.2) is 4.98 Å². The lowest BCUT2D eigenvalue weighted by Gasteiger charge is -2.12. The Bertz CT molecular complexity index is 1320. The third kappa shape index (κ3) is 3.26. The van der Waals surface area contributed by atoms with Crippen LogP contribution in [0.15, 0.2) is 91.5 Å². The first-order chi connectivity index (χ1) is 14.8. The Kier molecular flexibility index (Phi) is 4.62. The van der Waals surface area contributed by atoms with E-state index in [1.54, 1.807) is 19.5 Å². The van der Waals surface area contributed by atoms with Crippen LogP contribution in [0, 0.1) is 0 Å². The van der Waals surface area contributed by atoms with Crippen molar-refractivity contribution in [1.29, 1.82) is 0 Å². The van der Waals surface area contributed by atoms with E-state index in [1.165, 1.54) is 0 Å². The highest BCUT2D eigenvalue weighted by molar-refractivity contribution is 5.96. The van der Waals surface area contributed by atoms with Crippen molar-refractivity contribution in [3.63, 3.8) is 0 Å². The molecule has 0 bridgehead atoms. The minimum absolute atomic E-state index is 0.607. The molecule has 5 nitrogen and oxygen atoms in total. The van der Waals surface area contributed by atoms with E-state index in [0.29, 0.717) is 5.88 Å². The van der Waals surface area contributed by atoms with Gasteiger partial charge in [0.25, 0.3) is 0 Å². The Balaban J connectivity index is 1.67. The fraction of sp³-hybridized carbons (Fsp3) is 0.0400. The van der Waals surface area contributed by atoms with E-state index in [-0.39, 0.29) is 0 Å². The van der Waals surface area contributed by atoms with Crippen LogP contribution in [0.25, 0.3) is 44.3 Å². The van der Waals surface area contributed by atoms with E-state index in [9.17, 15) is 0 Å². The van der Waals surface area contributed by atoms with Gasteiger partial charge in [-0.2, -0.15) is 10.2 Å². The second-order valence-corrected chi connectivity index (χ2v) is 6.87. The number of aromatic nitrogens is 4. The number of methoxy groups -OCH3 is 1. The number of ether oxygens (including phenoxy) is 1. The highest BCUT2D eigenvalue weighted by Gasteiger charge is 2.12. The average Bonchev–Trinajstić information content (AvgIpc) is 2.84. The van der Waals surface area contributed by atoms with Gasteiger partial charge in [-0.1, -0.05) is 36.4 Å². The van der Waals surface area contributed by atoms with Gasteiger partial charge in [0, 0.05) is 34.5 Å². The molecule has 0 radical (unpaired) electrons. The van der Waals surface area contributed by atoms with Gasteiger partial charge in [0.15, 0.2) is 0 Å². The van der Waals surface area contributed by atoms with Gasteiger partial charge in [-0.05, 0) is 47.0 Å². The second-order valence-electron chi connectivity index (χ2n) is 6.87. The number of rotatable bonds is 4. The van der Waals surface area contributed by atoms with Gasteiger partial charge in [0.1, 0.15) is 0 Å². The summed E-state index contributed by atoms with van der Waals surface area (Å²) in [5, 5.41) is 8.96. The zero-order valence-corrected chi connectivity index (χ0v) is 16.4. The molecule has 0 aliphatic carbocycles. The first-order valence-corrected chi connectivity index (χ1v) is 9.59. The largest absolute Gasteiger partial charge is 0.481 e. The van der Waals surface area contributed by atoms with E-state index < -0.39 is 0 Å². The quantitative estimate of drug-likeness (QED) is 0.409. The molecule has 0 saturated carbocycles. The maximum absolute atomic E-state index is 5.50. The second kappa shape index (κ2) is 7.72. The van der Waals surface area contributed by atoms with Crippen molar-refractivity contribution in [3.8, 4) is 39.3 Å². The molecule has 2 aromatic carbocycles. The first kappa shape index (κ1) is 17.9. The summed E-state index contributed by atoms with van der Waals surface area (Å²) in [6.07, 6.45) is 7.13. The van der Waals surface area contributed by atoms with Gasteiger partial charge in [0.2, 0.25) is 5.88 Å². The number of pyridine rings is 2. The molecule has 0 amide bonds.